The predicted molar refractivity (Wildman–Crippen MR) is 103 cm³/mol. The highest BCUT2D eigenvalue weighted by Gasteiger charge is 2.18. The molecule has 25 heavy (non-hydrogen) atoms. The molecule has 128 valence electrons. The van der Waals surface area contributed by atoms with Crippen LogP contribution in [0.5, 0.6) is 0 Å². The Labute approximate surface area is 148 Å². The molecule has 0 bridgehead atoms. The van der Waals surface area contributed by atoms with Crippen molar-refractivity contribution in [2.24, 2.45) is 7.05 Å². The second kappa shape index (κ2) is 6.24. The first-order valence-electron chi connectivity index (χ1n) is 8.68. The van der Waals surface area contributed by atoms with E-state index < -0.39 is 0 Å². The van der Waals surface area contributed by atoms with Gasteiger partial charge >= 0.3 is 0 Å². The minimum absolute atomic E-state index is 0.906. The molecule has 0 atom stereocenters. The van der Waals surface area contributed by atoms with Crippen molar-refractivity contribution in [1.29, 1.82) is 0 Å². The van der Waals surface area contributed by atoms with Gasteiger partial charge in [0.1, 0.15) is 11.5 Å². The second-order valence-corrected chi connectivity index (χ2v) is 6.57. The minimum atomic E-state index is 0.906. The van der Waals surface area contributed by atoms with E-state index in [2.05, 4.69) is 46.1 Å². The van der Waals surface area contributed by atoms with Gasteiger partial charge in [0.15, 0.2) is 5.82 Å². The zero-order chi connectivity index (χ0) is 17.4. The summed E-state index contributed by atoms with van der Waals surface area (Å²) in [6.07, 6.45) is 0. The number of benzene rings is 1. The predicted octanol–water partition coefficient (Wildman–Crippen LogP) is 3.29. The van der Waals surface area contributed by atoms with Crippen LogP contribution in [0.4, 0.5) is 5.82 Å². The summed E-state index contributed by atoms with van der Waals surface area (Å²) in [5.74, 6) is 1.93. The minimum Gasteiger partial charge on any atom is -0.372 e. The molecule has 1 saturated heterocycles. The fourth-order valence-electron chi connectivity index (χ4n) is 3.42. The van der Waals surface area contributed by atoms with Crippen LogP contribution in [0.2, 0.25) is 0 Å². The van der Waals surface area contributed by atoms with E-state index in [1.54, 1.807) is 0 Å². The zero-order valence-corrected chi connectivity index (χ0v) is 14.8. The van der Waals surface area contributed by atoms with Gasteiger partial charge in [-0.2, -0.15) is 0 Å². The number of fused-ring (bicyclic) bond motifs is 1. The molecule has 0 aliphatic carbocycles. The molecule has 5 heteroatoms. The summed E-state index contributed by atoms with van der Waals surface area (Å²) in [7, 11) is 2.05. The van der Waals surface area contributed by atoms with Crippen LogP contribution in [0.1, 0.15) is 6.92 Å². The van der Waals surface area contributed by atoms with E-state index in [0.29, 0.717) is 0 Å². The van der Waals surface area contributed by atoms with Crippen molar-refractivity contribution < 1.29 is 0 Å². The summed E-state index contributed by atoms with van der Waals surface area (Å²) in [4.78, 5) is 14.3. The fourth-order valence-corrected chi connectivity index (χ4v) is 3.42. The van der Waals surface area contributed by atoms with Gasteiger partial charge < -0.3 is 14.4 Å². The molecule has 0 radical (unpaired) electrons. The molecule has 0 N–H and O–H groups in total. The first kappa shape index (κ1) is 15.7. The number of piperazine rings is 1. The van der Waals surface area contributed by atoms with Crippen LogP contribution in [0.15, 0.2) is 54.7 Å². The maximum Gasteiger partial charge on any atom is 0.159 e. The zero-order valence-electron chi connectivity index (χ0n) is 14.8. The van der Waals surface area contributed by atoms with Crippen LogP contribution < -0.4 is 4.90 Å². The van der Waals surface area contributed by atoms with E-state index in [1.165, 1.54) is 0 Å². The van der Waals surface area contributed by atoms with Crippen LogP contribution in [-0.2, 0) is 7.05 Å². The Morgan fingerprint density at radius 2 is 1.72 bits per heavy atom. The lowest BCUT2D eigenvalue weighted by atomic mass is 10.2. The molecule has 1 aromatic carbocycles. The molecule has 1 fully saturated rings. The summed E-state index contributed by atoms with van der Waals surface area (Å²) in [6, 6.07) is 14.4. The van der Waals surface area contributed by atoms with Crippen molar-refractivity contribution >= 4 is 16.9 Å². The second-order valence-electron chi connectivity index (χ2n) is 6.57. The van der Waals surface area contributed by atoms with E-state index >= 15 is 0 Å². The van der Waals surface area contributed by atoms with Gasteiger partial charge in [0.2, 0.25) is 0 Å². The number of nitrogens with zero attached hydrogens (tertiary/aromatic N) is 5. The number of pyridine rings is 1. The topological polar surface area (TPSA) is 37.2 Å². The van der Waals surface area contributed by atoms with E-state index in [1.807, 2.05) is 31.3 Å². The number of hydrogen-bond donors (Lipinski definition) is 0. The first-order valence-corrected chi connectivity index (χ1v) is 8.68. The third-order valence-electron chi connectivity index (χ3n) is 4.89. The molecule has 0 unspecified atom stereocenters. The van der Waals surface area contributed by atoms with Crippen LogP contribution in [0, 0.1) is 0 Å². The summed E-state index contributed by atoms with van der Waals surface area (Å²) in [5.41, 5.74) is 4.18. The third kappa shape index (κ3) is 2.86. The van der Waals surface area contributed by atoms with Gasteiger partial charge in [-0.25, -0.2) is 9.97 Å². The summed E-state index contributed by atoms with van der Waals surface area (Å²) in [5, 5.41) is 0. The van der Waals surface area contributed by atoms with Crippen molar-refractivity contribution in [3.63, 3.8) is 0 Å². The highest BCUT2D eigenvalue weighted by molar-refractivity contribution is 5.80. The van der Waals surface area contributed by atoms with Gasteiger partial charge in [0.05, 0.1) is 11.0 Å². The Morgan fingerprint density at radius 3 is 2.44 bits per heavy atom. The summed E-state index contributed by atoms with van der Waals surface area (Å²) >= 11 is 0. The van der Waals surface area contributed by atoms with Crippen LogP contribution in [-0.4, -0.2) is 45.6 Å². The van der Waals surface area contributed by atoms with E-state index in [0.717, 1.165) is 60.2 Å². The molecule has 2 aromatic heterocycles. The molecule has 0 amide bonds. The van der Waals surface area contributed by atoms with Crippen LogP contribution in [0.3, 0.4) is 0 Å². The number of aromatic nitrogens is 3. The maximum atomic E-state index is 4.89. The number of aryl methyl sites for hydroxylation is 1. The van der Waals surface area contributed by atoms with Gasteiger partial charge in [-0.05, 0) is 31.2 Å². The van der Waals surface area contributed by atoms with Crippen molar-refractivity contribution in [3.05, 3.63) is 54.7 Å². The highest BCUT2D eigenvalue weighted by Crippen LogP contribution is 2.24. The molecule has 3 heterocycles. The van der Waals surface area contributed by atoms with Crippen molar-refractivity contribution in [2.45, 2.75) is 6.92 Å². The van der Waals surface area contributed by atoms with Crippen molar-refractivity contribution in [1.82, 2.24) is 19.4 Å². The molecule has 5 nitrogen and oxygen atoms in total. The average Bonchev–Trinajstić information content (AvgIpc) is 2.99. The molecule has 1 aliphatic rings. The summed E-state index contributed by atoms with van der Waals surface area (Å²) in [6.45, 7) is 10.0. The Morgan fingerprint density at radius 1 is 0.960 bits per heavy atom. The Hall–Kier alpha value is -2.82. The quantitative estimate of drug-likeness (QED) is 0.737. The molecule has 0 spiro atoms. The molecule has 0 saturated carbocycles. The molecule has 4 rings (SSSR count). The SMILES string of the molecule is C=C(C)N1CCN(c2cccc(-c3nc4ccccc4n3C)n2)CC1. The third-order valence-corrected chi connectivity index (χ3v) is 4.89. The maximum absolute atomic E-state index is 4.89. The first-order chi connectivity index (χ1) is 12.1. The number of anilines is 1. The number of rotatable bonds is 3. The Balaban J connectivity index is 1.63. The standard InChI is InChI=1S/C20H23N5/c1-15(2)24-11-13-25(14-12-24)19-10-6-8-17(21-19)20-22-16-7-4-5-9-18(16)23(20)3/h4-10H,1,11-14H2,2-3H3. The molecular formula is C20H23N5. The Bertz CT molecular complexity index is 919. The summed E-state index contributed by atoms with van der Waals surface area (Å²) < 4.78 is 2.11. The molecule has 3 aromatic rings. The van der Waals surface area contributed by atoms with E-state index in [9.17, 15) is 0 Å². The Kier molecular flexibility index (Phi) is 3.92. The van der Waals surface area contributed by atoms with Crippen molar-refractivity contribution in [3.8, 4) is 11.5 Å². The lowest BCUT2D eigenvalue weighted by molar-refractivity contribution is 0.322. The molecule has 1 aliphatic heterocycles. The monoisotopic (exact) mass is 333 g/mol. The van der Waals surface area contributed by atoms with Gasteiger partial charge in [-0.1, -0.05) is 24.8 Å². The highest BCUT2D eigenvalue weighted by atomic mass is 15.3. The number of allylic oxidation sites excluding steroid dienone is 1. The van der Waals surface area contributed by atoms with Gasteiger partial charge in [-0.3, -0.25) is 0 Å². The normalized spacial score (nSPS) is 15.0. The van der Waals surface area contributed by atoms with E-state index in [4.69, 9.17) is 9.97 Å². The molecular weight excluding hydrogens is 310 g/mol. The number of para-hydroxylation sites is 2. The van der Waals surface area contributed by atoms with Gasteiger partial charge in [-0.15, -0.1) is 0 Å². The lowest BCUT2D eigenvalue weighted by Crippen LogP contribution is -2.45. The number of imidazole rings is 1. The van der Waals surface area contributed by atoms with E-state index in [-0.39, 0.29) is 0 Å². The lowest BCUT2D eigenvalue weighted by Gasteiger charge is -2.36. The van der Waals surface area contributed by atoms with Gasteiger partial charge in [0, 0.05) is 38.9 Å². The fraction of sp³-hybridized carbons (Fsp3) is 0.300. The van der Waals surface area contributed by atoms with Crippen LogP contribution >= 0.6 is 0 Å². The van der Waals surface area contributed by atoms with Gasteiger partial charge in [0.25, 0.3) is 0 Å². The average molecular weight is 333 g/mol. The van der Waals surface area contributed by atoms with Crippen LogP contribution in [0.25, 0.3) is 22.6 Å². The van der Waals surface area contributed by atoms with Crippen molar-refractivity contribution in [2.75, 3.05) is 31.1 Å². The largest absolute Gasteiger partial charge is 0.372 e. The number of hydrogen-bond acceptors (Lipinski definition) is 4. The smallest absolute Gasteiger partial charge is 0.159 e.